The number of hydrogen-bond donors (Lipinski definition) is 1. The summed E-state index contributed by atoms with van der Waals surface area (Å²) in [4.78, 5) is 14.3. The number of rotatable bonds is 5. The van der Waals surface area contributed by atoms with Gasteiger partial charge in [-0.25, -0.2) is 0 Å². The van der Waals surface area contributed by atoms with Gasteiger partial charge in [0.25, 0.3) is 5.91 Å². The zero-order valence-corrected chi connectivity index (χ0v) is 12.6. The molecule has 0 spiro atoms. The average Bonchev–Trinajstić information content (AvgIpc) is 2.46. The minimum Gasteiger partial charge on any atom is -0.384 e. The molecular weight excluding hydrogens is 250 g/mol. The molecular formula is C17H23NO2. The molecule has 0 unspecified atom stereocenters. The normalized spacial score (nSPS) is 9.80. The second kappa shape index (κ2) is 8.39. The summed E-state index contributed by atoms with van der Waals surface area (Å²) in [5.41, 5.74) is 2.52. The summed E-state index contributed by atoms with van der Waals surface area (Å²) in [6.45, 7) is 7.43. The highest BCUT2D eigenvalue weighted by atomic mass is 16.2. The monoisotopic (exact) mass is 273 g/mol. The van der Waals surface area contributed by atoms with Gasteiger partial charge in [0.15, 0.2) is 0 Å². The van der Waals surface area contributed by atoms with Crippen LogP contribution in [0.5, 0.6) is 0 Å². The van der Waals surface area contributed by atoms with E-state index in [0.717, 1.165) is 37.1 Å². The van der Waals surface area contributed by atoms with Crippen LogP contribution in [0, 0.1) is 18.8 Å². The van der Waals surface area contributed by atoms with Crippen LogP contribution >= 0.6 is 0 Å². The van der Waals surface area contributed by atoms with Gasteiger partial charge in [-0.05, 0) is 44.0 Å². The van der Waals surface area contributed by atoms with Crippen molar-refractivity contribution < 1.29 is 9.90 Å². The molecule has 0 aliphatic carbocycles. The molecule has 1 aromatic rings. The number of aliphatic hydroxyl groups excluding tert-OH is 1. The Morgan fingerprint density at radius 1 is 1.35 bits per heavy atom. The first-order valence-corrected chi connectivity index (χ1v) is 7.13. The van der Waals surface area contributed by atoms with Gasteiger partial charge in [-0.2, -0.15) is 0 Å². The maximum atomic E-state index is 12.4. The molecule has 3 nitrogen and oxygen atoms in total. The first-order valence-electron chi connectivity index (χ1n) is 7.13. The summed E-state index contributed by atoms with van der Waals surface area (Å²) in [5.74, 6) is 5.58. The summed E-state index contributed by atoms with van der Waals surface area (Å²) in [7, 11) is 0. The van der Waals surface area contributed by atoms with Crippen molar-refractivity contribution in [3.8, 4) is 11.8 Å². The van der Waals surface area contributed by atoms with E-state index in [1.54, 1.807) is 0 Å². The van der Waals surface area contributed by atoms with Gasteiger partial charge in [0, 0.05) is 24.2 Å². The zero-order chi connectivity index (χ0) is 15.0. The summed E-state index contributed by atoms with van der Waals surface area (Å²) in [6, 6.07) is 5.53. The molecule has 0 bridgehead atoms. The lowest BCUT2D eigenvalue weighted by molar-refractivity contribution is 0.0762. The van der Waals surface area contributed by atoms with Gasteiger partial charge in [-0.15, -0.1) is 0 Å². The molecule has 0 saturated heterocycles. The van der Waals surface area contributed by atoms with Gasteiger partial charge in [-0.1, -0.05) is 25.2 Å². The molecule has 108 valence electrons. The maximum Gasteiger partial charge on any atom is 0.253 e. The van der Waals surface area contributed by atoms with E-state index in [4.69, 9.17) is 5.11 Å². The highest BCUT2D eigenvalue weighted by molar-refractivity contribution is 5.94. The van der Waals surface area contributed by atoms with Crippen LogP contribution in [-0.4, -0.2) is 35.6 Å². The van der Waals surface area contributed by atoms with Gasteiger partial charge in [0.05, 0.1) is 0 Å². The molecule has 0 radical (unpaired) electrons. The Labute approximate surface area is 121 Å². The Morgan fingerprint density at radius 3 is 2.65 bits per heavy atom. The number of benzene rings is 1. The lowest BCUT2D eigenvalue weighted by atomic mass is 10.0. The summed E-state index contributed by atoms with van der Waals surface area (Å²) in [5, 5.41) is 8.71. The number of carbonyl (C=O) groups is 1. The Kier molecular flexibility index (Phi) is 6.83. The van der Waals surface area contributed by atoms with E-state index in [1.807, 2.05) is 36.9 Å². The molecule has 0 aliphatic heterocycles. The fourth-order valence-electron chi connectivity index (χ4n) is 2.01. The van der Waals surface area contributed by atoms with Crippen molar-refractivity contribution in [1.29, 1.82) is 0 Å². The molecule has 0 saturated carbocycles. The van der Waals surface area contributed by atoms with Crippen LogP contribution in [0.15, 0.2) is 18.2 Å². The van der Waals surface area contributed by atoms with Crippen molar-refractivity contribution >= 4 is 5.91 Å². The third kappa shape index (κ3) is 4.40. The van der Waals surface area contributed by atoms with Gasteiger partial charge in [0.1, 0.15) is 6.61 Å². The summed E-state index contributed by atoms with van der Waals surface area (Å²) < 4.78 is 0. The molecule has 1 N–H and O–H groups in total. The highest BCUT2D eigenvalue weighted by Gasteiger charge is 2.14. The predicted molar refractivity (Wildman–Crippen MR) is 81.6 cm³/mol. The second-order valence-corrected chi connectivity index (χ2v) is 4.73. The Bertz CT molecular complexity index is 511. The van der Waals surface area contributed by atoms with Crippen molar-refractivity contribution in [1.82, 2.24) is 4.90 Å². The van der Waals surface area contributed by atoms with Gasteiger partial charge >= 0.3 is 0 Å². The summed E-state index contributed by atoms with van der Waals surface area (Å²) >= 11 is 0. The van der Waals surface area contributed by atoms with Gasteiger partial charge < -0.3 is 10.0 Å². The van der Waals surface area contributed by atoms with E-state index >= 15 is 0 Å². The molecule has 20 heavy (non-hydrogen) atoms. The zero-order valence-electron chi connectivity index (χ0n) is 12.6. The predicted octanol–water partition coefficient (Wildman–Crippen LogP) is 2.60. The van der Waals surface area contributed by atoms with Crippen LogP contribution in [0.25, 0.3) is 0 Å². The quantitative estimate of drug-likeness (QED) is 0.838. The lowest BCUT2D eigenvalue weighted by Gasteiger charge is -2.21. The summed E-state index contributed by atoms with van der Waals surface area (Å²) in [6.07, 6.45) is 2.11. The van der Waals surface area contributed by atoms with E-state index in [1.165, 1.54) is 0 Å². The molecule has 0 aliphatic rings. The number of aliphatic hydroxyl groups is 1. The van der Waals surface area contributed by atoms with Crippen molar-refractivity contribution in [3.05, 3.63) is 34.9 Å². The van der Waals surface area contributed by atoms with Crippen LogP contribution in [0.2, 0.25) is 0 Å². The van der Waals surface area contributed by atoms with Gasteiger partial charge in [-0.3, -0.25) is 4.79 Å². The van der Waals surface area contributed by atoms with Crippen LogP contribution in [0.4, 0.5) is 0 Å². The fourth-order valence-corrected chi connectivity index (χ4v) is 2.01. The minimum atomic E-state index is -0.152. The number of unbranched alkanes of at least 4 members (excludes halogenated alkanes) is 1. The van der Waals surface area contributed by atoms with E-state index < -0.39 is 0 Å². The maximum absolute atomic E-state index is 12.4. The molecule has 3 heteroatoms. The van der Waals surface area contributed by atoms with Crippen molar-refractivity contribution in [2.24, 2.45) is 0 Å². The van der Waals surface area contributed by atoms with E-state index in [-0.39, 0.29) is 12.5 Å². The third-order valence-corrected chi connectivity index (χ3v) is 3.23. The van der Waals surface area contributed by atoms with Crippen LogP contribution in [0.1, 0.15) is 48.2 Å². The number of hydrogen-bond acceptors (Lipinski definition) is 2. The lowest BCUT2D eigenvalue weighted by Crippen LogP contribution is -2.31. The molecule has 0 atom stereocenters. The highest BCUT2D eigenvalue weighted by Crippen LogP contribution is 2.13. The molecule has 0 aromatic heterocycles. The number of aryl methyl sites for hydroxylation is 1. The Balaban J connectivity index is 2.90. The van der Waals surface area contributed by atoms with Crippen molar-refractivity contribution in [2.75, 3.05) is 19.7 Å². The number of amides is 1. The van der Waals surface area contributed by atoms with E-state index in [9.17, 15) is 4.79 Å². The Hall–Kier alpha value is -1.79. The smallest absolute Gasteiger partial charge is 0.253 e. The average molecular weight is 273 g/mol. The molecule has 1 rings (SSSR count). The minimum absolute atomic E-state index is 0.0747. The van der Waals surface area contributed by atoms with E-state index in [2.05, 4.69) is 18.8 Å². The van der Waals surface area contributed by atoms with Gasteiger partial charge in [0.2, 0.25) is 0 Å². The molecule has 0 heterocycles. The molecule has 0 fully saturated rings. The topological polar surface area (TPSA) is 40.5 Å². The fraction of sp³-hybridized carbons (Fsp3) is 0.471. The number of carbonyl (C=O) groups excluding carboxylic acids is 1. The largest absolute Gasteiger partial charge is 0.384 e. The molecule has 1 aromatic carbocycles. The van der Waals surface area contributed by atoms with Crippen LogP contribution in [-0.2, 0) is 0 Å². The van der Waals surface area contributed by atoms with Crippen LogP contribution < -0.4 is 0 Å². The first kappa shape index (κ1) is 16.3. The Morgan fingerprint density at radius 2 is 2.10 bits per heavy atom. The first-order chi connectivity index (χ1) is 9.63. The van der Waals surface area contributed by atoms with Crippen LogP contribution in [0.3, 0.4) is 0 Å². The molecule has 1 amide bonds. The SMILES string of the molecule is CCCCN(CC)C(=O)c1ccc(C#CCO)c(C)c1. The van der Waals surface area contributed by atoms with Crippen molar-refractivity contribution in [3.63, 3.8) is 0 Å². The van der Waals surface area contributed by atoms with Crippen molar-refractivity contribution in [2.45, 2.75) is 33.6 Å². The number of nitrogens with zero attached hydrogens (tertiary/aromatic N) is 1. The standard InChI is InChI=1S/C17H23NO2/c1-4-6-11-18(5-2)17(20)16-10-9-15(8-7-12-19)14(3)13-16/h9-10,13,19H,4-6,11-12H2,1-3H3. The van der Waals surface area contributed by atoms with E-state index in [0.29, 0.717) is 5.56 Å². The third-order valence-electron chi connectivity index (χ3n) is 3.23. The second-order valence-electron chi connectivity index (χ2n) is 4.73.